The molecule has 1 saturated heterocycles. The number of benzene rings is 3. The molecule has 2 amide bonds. The first-order valence-electron chi connectivity index (χ1n) is 10.7. The number of anilines is 2. The summed E-state index contributed by atoms with van der Waals surface area (Å²) in [6.45, 7) is 1.16. The number of halogens is 3. The van der Waals surface area contributed by atoms with Gasteiger partial charge in [-0.15, -0.1) is 0 Å². The smallest absolute Gasteiger partial charge is 0.326 e. The lowest BCUT2D eigenvalue weighted by Gasteiger charge is -2.34. The van der Waals surface area contributed by atoms with Gasteiger partial charge < -0.3 is 15.7 Å². The van der Waals surface area contributed by atoms with E-state index in [2.05, 4.69) is 10.6 Å². The third-order valence-corrected chi connectivity index (χ3v) is 7.33. The van der Waals surface area contributed by atoms with Crippen LogP contribution in [0.5, 0.6) is 0 Å². The number of nitrogens with zero attached hydrogens (tertiary/aromatic N) is 1. The highest BCUT2D eigenvalue weighted by Gasteiger charge is 2.37. The zero-order valence-corrected chi connectivity index (χ0v) is 20.1. The fraction of sp³-hybridized carbons (Fsp3) is 0.200. The molecule has 2 heterocycles. The van der Waals surface area contributed by atoms with Crippen LogP contribution in [-0.4, -0.2) is 30.2 Å². The minimum Gasteiger partial charge on any atom is -0.481 e. The number of nitrogens with one attached hydrogen (secondary N) is 2. The summed E-state index contributed by atoms with van der Waals surface area (Å²) in [6, 6.07) is 16.0. The molecule has 3 aromatic carbocycles. The molecule has 0 bridgehead atoms. The average Bonchev–Trinajstić information content (AvgIpc) is 3.30. The standard InChI is InChI=1S/C25H20Cl3N3O3/c26-19-5-2-1-4-14(19)15-8-13(16-10-29-11-18(16)24(32)33)9-22-17(15)12-30-25(34)31(22)23-20(27)6-3-7-21(23)28/h1-9,16,18,29H,10-12H2,(H,30,34)(H,32,33)/t16?,18-/m0/s1. The first kappa shape index (κ1) is 23.0. The maximum Gasteiger partial charge on any atom is 0.326 e. The lowest BCUT2D eigenvalue weighted by Crippen LogP contribution is -2.42. The van der Waals surface area contributed by atoms with Crippen LogP contribution in [-0.2, 0) is 11.3 Å². The van der Waals surface area contributed by atoms with E-state index >= 15 is 0 Å². The monoisotopic (exact) mass is 515 g/mol. The van der Waals surface area contributed by atoms with Crippen molar-refractivity contribution in [2.45, 2.75) is 12.5 Å². The van der Waals surface area contributed by atoms with Crippen molar-refractivity contribution in [3.63, 3.8) is 0 Å². The van der Waals surface area contributed by atoms with E-state index in [1.807, 2.05) is 30.3 Å². The Bertz CT molecular complexity index is 1290. The Kier molecular flexibility index (Phi) is 6.16. The number of carboxylic acids is 1. The number of para-hydroxylation sites is 1. The van der Waals surface area contributed by atoms with Crippen molar-refractivity contribution in [2.24, 2.45) is 5.92 Å². The molecule has 2 atom stereocenters. The van der Waals surface area contributed by atoms with Crippen molar-refractivity contribution in [1.82, 2.24) is 10.6 Å². The Balaban J connectivity index is 1.79. The number of fused-ring (bicyclic) bond motifs is 1. The minimum atomic E-state index is -0.865. The molecule has 0 aromatic heterocycles. The topological polar surface area (TPSA) is 81.7 Å². The number of urea groups is 1. The Morgan fingerprint density at radius 2 is 1.65 bits per heavy atom. The van der Waals surface area contributed by atoms with Crippen LogP contribution in [0.4, 0.5) is 16.2 Å². The van der Waals surface area contributed by atoms with Crippen molar-refractivity contribution in [3.8, 4) is 11.1 Å². The highest BCUT2D eigenvalue weighted by atomic mass is 35.5. The molecular formula is C25H20Cl3N3O3. The predicted octanol–water partition coefficient (Wildman–Crippen LogP) is 6.06. The van der Waals surface area contributed by atoms with Crippen molar-refractivity contribution >= 4 is 58.2 Å². The molecule has 0 spiro atoms. The first-order valence-corrected chi connectivity index (χ1v) is 11.9. The predicted molar refractivity (Wildman–Crippen MR) is 134 cm³/mol. The van der Waals surface area contributed by atoms with E-state index in [-0.39, 0.29) is 18.5 Å². The first-order chi connectivity index (χ1) is 16.4. The van der Waals surface area contributed by atoms with Gasteiger partial charge in [0, 0.05) is 41.7 Å². The third-order valence-electron chi connectivity index (χ3n) is 6.39. The van der Waals surface area contributed by atoms with Crippen LogP contribution in [0.15, 0.2) is 54.6 Å². The van der Waals surface area contributed by atoms with Gasteiger partial charge in [-0.05, 0) is 35.4 Å². The molecule has 3 aromatic rings. The fourth-order valence-electron chi connectivity index (χ4n) is 4.76. The quantitative estimate of drug-likeness (QED) is 0.393. The van der Waals surface area contributed by atoms with Gasteiger partial charge in [-0.2, -0.15) is 0 Å². The van der Waals surface area contributed by atoms with Gasteiger partial charge in [-0.25, -0.2) is 4.79 Å². The van der Waals surface area contributed by atoms with Crippen molar-refractivity contribution in [3.05, 3.63) is 80.8 Å². The molecule has 0 saturated carbocycles. The average molecular weight is 517 g/mol. The van der Waals surface area contributed by atoms with Gasteiger partial charge in [-0.1, -0.05) is 65.1 Å². The molecule has 9 heteroatoms. The molecule has 1 fully saturated rings. The number of hydrogen-bond acceptors (Lipinski definition) is 3. The van der Waals surface area contributed by atoms with Crippen molar-refractivity contribution in [2.75, 3.05) is 18.0 Å². The van der Waals surface area contributed by atoms with Crippen LogP contribution < -0.4 is 15.5 Å². The maximum atomic E-state index is 13.1. The molecule has 1 unspecified atom stereocenters. The molecule has 2 aliphatic rings. The third kappa shape index (κ3) is 3.91. The molecule has 3 N–H and O–H groups in total. The van der Waals surface area contributed by atoms with Gasteiger partial charge in [0.25, 0.3) is 0 Å². The Morgan fingerprint density at radius 1 is 0.941 bits per heavy atom. The summed E-state index contributed by atoms with van der Waals surface area (Å²) in [6.07, 6.45) is 0. The van der Waals surface area contributed by atoms with E-state index in [1.165, 1.54) is 4.90 Å². The number of rotatable bonds is 4. The summed E-state index contributed by atoms with van der Waals surface area (Å²) in [5.74, 6) is -1.74. The summed E-state index contributed by atoms with van der Waals surface area (Å²) in [4.78, 5) is 26.6. The second-order valence-electron chi connectivity index (χ2n) is 8.32. The second-order valence-corrected chi connectivity index (χ2v) is 9.54. The zero-order chi connectivity index (χ0) is 24.0. The summed E-state index contributed by atoms with van der Waals surface area (Å²) >= 11 is 19.6. The summed E-state index contributed by atoms with van der Waals surface area (Å²) in [7, 11) is 0. The van der Waals surface area contributed by atoms with Crippen LogP contribution in [0.2, 0.25) is 15.1 Å². The minimum absolute atomic E-state index is 0.277. The fourth-order valence-corrected chi connectivity index (χ4v) is 5.57. The van der Waals surface area contributed by atoms with E-state index in [1.54, 1.807) is 24.3 Å². The van der Waals surface area contributed by atoms with E-state index in [0.717, 1.165) is 22.3 Å². The second kappa shape index (κ2) is 9.12. The molecule has 34 heavy (non-hydrogen) atoms. The van der Waals surface area contributed by atoms with Crippen LogP contribution >= 0.6 is 34.8 Å². The van der Waals surface area contributed by atoms with E-state index in [9.17, 15) is 14.7 Å². The largest absolute Gasteiger partial charge is 0.481 e. The van der Waals surface area contributed by atoms with Gasteiger partial charge in [-0.3, -0.25) is 9.69 Å². The number of carbonyl (C=O) groups is 2. The van der Waals surface area contributed by atoms with Gasteiger partial charge in [0.1, 0.15) is 0 Å². The molecule has 2 aliphatic heterocycles. The lowest BCUT2D eigenvalue weighted by molar-refractivity contribution is -0.141. The van der Waals surface area contributed by atoms with E-state index in [4.69, 9.17) is 34.8 Å². The maximum absolute atomic E-state index is 13.1. The van der Waals surface area contributed by atoms with Crippen LogP contribution in [0.1, 0.15) is 17.0 Å². The molecule has 0 radical (unpaired) electrons. The lowest BCUT2D eigenvalue weighted by atomic mass is 9.84. The molecule has 5 rings (SSSR count). The van der Waals surface area contributed by atoms with Crippen molar-refractivity contribution in [1.29, 1.82) is 0 Å². The molecule has 6 nitrogen and oxygen atoms in total. The Hall–Kier alpha value is -2.77. The zero-order valence-electron chi connectivity index (χ0n) is 17.8. The number of carbonyl (C=O) groups excluding carboxylic acids is 1. The van der Waals surface area contributed by atoms with Crippen LogP contribution in [0.3, 0.4) is 0 Å². The highest BCUT2D eigenvalue weighted by molar-refractivity contribution is 6.40. The Morgan fingerprint density at radius 3 is 2.35 bits per heavy atom. The van der Waals surface area contributed by atoms with Crippen LogP contribution in [0.25, 0.3) is 11.1 Å². The van der Waals surface area contributed by atoms with Gasteiger partial charge in [0.15, 0.2) is 0 Å². The number of aliphatic carboxylic acids is 1. The Labute approximate surface area is 211 Å². The number of hydrogen-bond donors (Lipinski definition) is 3. The highest BCUT2D eigenvalue weighted by Crippen LogP contribution is 2.46. The van der Waals surface area contributed by atoms with Crippen molar-refractivity contribution < 1.29 is 14.7 Å². The number of amides is 2. The molecule has 174 valence electrons. The van der Waals surface area contributed by atoms with E-state index < -0.39 is 11.9 Å². The number of carboxylic acid groups (broad SMARTS) is 1. The SMILES string of the molecule is O=C(O)[C@H]1CNCC1c1cc(-c2ccccc2Cl)c2c(c1)N(c1c(Cl)cccc1Cl)C(=O)NC2. The van der Waals surface area contributed by atoms with Gasteiger partial charge in [0.05, 0.1) is 27.3 Å². The summed E-state index contributed by atoms with van der Waals surface area (Å²) < 4.78 is 0. The normalized spacial score (nSPS) is 19.6. The molecular weight excluding hydrogens is 497 g/mol. The van der Waals surface area contributed by atoms with E-state index in [0.29, 0.717) is 39.5 Å². The summed E-state index contributed by atoms with van der Waals surface area (Å²) in [5, 5.41) is 17.1. The summed E-state index contributed by atoms with van der Waals surface area (Å²) in [5.41, 5.74) is 4.22. The molecule has 0 aliphatic carbocycles. The van der Waals surface area contributed by atoms with Gasteiger partial charge >= 0.3 is 12.0 Å². The van der Waals surface area contributed by atoms with Gasteiger partial charge in [0.2, 0.25) is 0 Å². The van der Waals surface area contributed by atoms with Crippen LogP contribution in [0, 0.1) is 5.92 Å².